The Hall–Kier alpha value is -4.36. The molecular weight excluding hydrogens is 648 g/mol. The van der Waals surface area contributed by atoms with Crippen molar-refractivity contribution in [1.82, 2.24) is 14.9 Å². The van der Waals surface area contributed by atoms with Gasteiger partial charge in [-0.1, -0.05) is 54.6 Å². The van der Waals surface area contributed by atoms with Crippen LogP contribution in [0.3, 0.4) is 0 Å². The largest absolute Gasteiger partial charge is 0.494 e. The van der Waals surface area contributed by atoms with Gasteiger partial charge in [0.15, 0.2) is 17.8 Å². The normalized spacial score (nSPS) is 16.1. The van der Waals surface area contributed by atoms with Gasteiger partial charge >= 0.3 is 0 Å². The summed E-state index contributed by atoms with van der Waals surface area (Å²) in [7, 11) is -0.314. The molecule has 3 heterocycles. The van der Waals surface area contributed by atoms with E-state index in [4.69, 9.17) is 9.47 Å². The number of hydrogen-bond acceptors (Lipinski definition) is 8. The molecule has 5 aromatic rings. The minimum atomic E-state index is -1.67. The van der Waals surface area contributed by atoms with Crippen molar-refractivity contribution in [2.75, 3.05) is 12.9 Å². The van der Waals surface area contributed by atoms with Crippen molar-refractivity contribution in [2.24, 2.45) is 0 Å². The highest BCUT2D eigenvalue weighted by Crippen LogP contribution is 2.34. The van der Waals surface area contributed by atoms with E-state index in [0.717, 1.165) is 5.56 Å². The summed E-state index contributed by atoms with van der Waals surface area (Å²) in [6.07, 6.45) is 1.01. The molecule has 0 radical (unpaired) electrons. The average molecular weight is 678 g/mol. The molecule has 6 rings (SSSR count). The predicted octanol–water partition coefficient (Wildman–Crippen LogP) is 7.46. The number of benzene rings is 3. The van der Waals surface area contributed by atoms with E-state index < -0.39 is 34.8 Å². The maximum Gasteiger partial charge on any atom is 0.220 e. The maximum absolute atomic E-state index is 15.1. The van der Waals surface area contributed by atoms with Crippen LogP contribution in [-0.4, -0.2) is 43.3 Å². The number of aliphatic hydroxyl groups excluding tert-OH is 1. The molecular formula is C35H30F3N3O4S2. The molecule has 47 heavy (non-hydrogen) atoms. The molecule has 0 aliphatic carbocycles. The van der Waals surface area contributed by atoms with Gasteiger partial charge in [-0.2, -0.15) is 0 Å². The molecule has 0 fully saturated rings. The van der Waals surface area contributed by atoms with Gasteiger partial charge in [0.25, 0.3) is 0 Å². The van der Waals surface area contributed by atoms with Crippen molar-refractivity contribution < 1.29 is 32.0 Å². The van der Waals surface area contributed by atoms with Crippen LogP contribution in [0.5, 0.6) is 5.75 Å². The van der Waals surface area contributed by atoms with Gasteiger partial charge in [-0.05, 0) is 53.3 Å². The molecule has 3 atom stereocenters. The summed E-state index contributed by atoms with van der Waals surface area (Å²) < 4.78 is 68.6. The molecule has 0 amide bonds. The van der Waals surface area contributed by atoms with Crippen molar-refractivity contribution in [1.29, 1.82) is 0 Å². The van der Waals surface area contributed by atoms with E-state index in [1.807, 2.05) is 35.7 Å². The Morgan fingerprint density at radius 3 is 2.55 bits per heavy atom. The second-order valence-corrected chi connectivity index (χ2v) is 13.1. The second-order valence-electron chi connectivity index (χ2n) is 10.8. The minimum absolute atomic E-state index is 0.00273. The highest BCUT2D eigenvalue weighted by molar-refractivity contribution is 7.84. The Labute approximate surface area is 276 Å². The first-order chi connectivity index (χ1) is 22.8. The van der Waals surface area contributed by atoms with E-state index >= 15 is 4.39 Å². The maximum atomic E-state index is 15.1. The van der Waals surface area contributed by atoms with E-state index in [0.29, 0.717) is 39.0 Å². The smallest absolute Gasteiger partial charge is 0.220 e. The second kappa shape index (κ2) is 14.6. The third-order valence-corrected chi connectivity index (χ3v) is 9.66. The molecule has 2 aromatic heterocycles. The molecule has 1 aliphatic heterocycles. The van der Waals surface area contributed by atoms with Gasteiger partial charge in [-0.3, -0.25) is 4.21 Å². The Morgan fingerprint density at radius 2 is 1.79 bits per heavy atom. The summed E-state index contributed by atoms with van der Waals surface area (Å²) in [6, 6.07) is 22.0. The van der Waals surface area contributed by atoms with E-state index in [-0.39, 0.29) is 35.6 Å². The van der Waals surface area contributed by atoms with Crippen LogP contribution in [0.1, 0.15) is 34.9 Å². The van der Waals surface area contributed by atoms with Crippen LogP contribution < -0.4 is 4.74 Å². The van der Waals surface area contributed by atoms with E-state index in [1.54, 1.807) is 36.5 Å². The number of fused-ring (bicyclic) bond motifs is 1. The quantitative estimate of drug-likeness (QED) is 0.137. The monoisotopic (exact) mass is 677 g/mol. The zero-order valence-corrected chi connectivity index (χ0v) is 26.8. The molecule has 7 nitrogen and oxygen atoms in total. The summed E-state index contributed by atoms with van der Waals surface area (Å²) in [6.45, 7) is 0.0372. The Bertz CT molecular complexity index is 1970. The zero-order chi connectivity index (χ0) is 32.9. The molecule has 3 unspecified atom stereocenters. The van der Waals surface area contributed by atoms with Gasteiger partial charge in [-0.15, -0.1) is 11.3 Å². The minimum Gasteiger partial charge on any atom is -0.494 e. The van der Waals surface area contributed by atoms with Crippen LogP contribution >= 0.6 is 11.3 Å². The number of aliphatic hydroxyl groups is 1. The number of methoxy groups -OCH3 is 1. The lowest BCUT2D eigenvalue weighted by atomic mass is 10.1. The number of hydrogen-bond donors (Lipinski definition) is 1. The summed E-state index contributed by atoms with van der Waals surface area (Å²) in [5, 5.41) is 13.1. The van der Waals surface area contributed by atoms with Crippen LogP contribution in [0.2, 0.25) is 0 Å². The molecule has 1 N–H and O–H groups in total. The molecule has 242 valence electrons. The molecule has 0 spiro atoms. The van der Waals surface area contributed by atoms with Crippen molar-refractivity contribution in [2.45, 2.75) is 37.1 Å². The fourth-order valence-electron chi connectivity index (χ4n) is 5.23. The Kier molecular flexibility index (Phi) is 10.1. The zero-order valence-electron chi connectivity index (χ0n) is 25.2. The number of ether oxygens (including phenoxy) is 2. The van der Waals surface area contributed by atoms with E-state index in [2.05, 4.69) is 9.97 Å². The lowest BCUT2D eigenvalue weighted by Gasteiger charge is -2.29. The summed E-state index contributed by atoms with van der Waals surface area (Å²) in [5.74, 6) is -1.55. The van der Waals surface area contributed by atoms with Crippen LogP contribution in [0.4, 0.5) is 13.2 Å². The number of nitrogens with zero attached hydrogens (tertiary/aromatic N) is 3. The van der Waals surface area contributed by atoms with Gasteiger partial charge in [0.05, 0.1) is 36.3 Å². The van der Waals surface area contributed by atoms with Crippen LogP contribution in [-0.2, 0) is 28.7 Å². The molecule has 12 heteroatoms. The summed E-state index contributed by atoms with van der Waals surface area (Å²) in [4.78, 5) is 11.1. The highest BCUT2D eigenvalue weighted by Gasteiger charge is 2.26. The lowest BCUT2D eigenvalue weighted by Crippen LogP contribution is -2.33. The Morgan fingerprint density at radius 1 is 1.00 bits per heavy atom. The van der Waals surface area contributed by atoms with Crippen LogP contribution in [0, 0.1) is 11.6 Å². The van der Waals surface area contributed by atoms with Gasteiger partial charge in [0.1, 0.15) is 16.5 Å². The van der Waals surface area contributed by atoms with E-state index in [9.17, 15) is 18.1 Å². The first kappa shape index (κ1) is 32.6. The van der Waals surface area contributed by atoms with Gasteiger partial charge in [-0.25, -0.2) is 23.1 Å². The fourth-order valence-corrected chi connectivity index (χ4v) is 7.05. The van der Waals surface area contributed by atoms with Gasteiger partial charge in [0, 0.05) is 35.0 Å². The third-order valence-electron chi connectivity index (χ3n) is 7.66. The third kappa shape index (κ3) is 7.46. The fraction of sp³-hybridized carbons (Fsp3) is 0.200. The molecule has 0 bridgehead atoms. The number of rotatable bonds is 12. The SMILES string of the molecule is COc1ccc(CN2C=C(c3nc(S(=O)CCC(OCc4ccccc4F)c4ccccc4)nc4sccc34)C=C(F)C2O)cc1F. The first-order valence-electron chi connectivity index (χ1n) is 14.7. The molecule has 1 aliphatic rings. The van der Waals surface area contributed by atoms with Gasteiger partial charge < -0.3 is 19.5 Å². The lowest BCUT2D eigenvalue weighted by molar-refractivity contribution is 0.0362. The number of thiophene rings is 1. The van der Waals surface area contributed by atoms with Crippen molar-refractivity contribution in [3.05, 3.63) is 136 Å². The highest BCUT2D eigenvalue weighted by atomic mass is 32.2. The van der Waals surface area contributed by atoms with Gasteiger partial charge in [0.2, 0.25) is 5.16 Å². The number of halogens is 3. The predicted molar refractivity (Wildman–Crippen MR) is 175 cm³/mol. The average Bonchev–Trinajstić information content (AvgIpc) is 3.56. The Balaban J connectivity index is 1.25. The standard InChI is InChI=1S/C35H30F3N3O4S2/c1-44-31-12-11-22(17-28(31)37)19-41-20-25(18-29(38)34(41)42)32-26-13-15-46-33(26)40-35(39-32)47(43)16-14-30(23-7-3-2-4-8-23)45-21-24-9-5-6-10-27(24)36/h2-13,15,17-18,20,30,34,42H,14,16,19,21H2,1H3. The number of aromatic nitrogens is 2. The van der Waals surface area contributed by atoms with Crippen LogP contribution in [0.25, 0.3) is 15.8 Å². The van der Waals surface area contributed by atoms with Crippen molar-refractivity contribution in [3.63, 3.8) is 0 Å². The number of allylic oxidation sites excluding steroid dienone is 2. The molecule has 0 saturated carbocycles. The molecule has 0 saturated heterocycles. The summed E-state index contributed by atoms with van der Waals surface area (Å²) in [5.41, 5.74) is 2.45. The van der Waals surface area contributed by atoms with Crippen molar-refractivity contribution >= 4 is 37.9 Å². The molecule has 3 aromatic carbocycles. The summed E-state index contributed by atoms with van der Waals surface area (Å²) >= 11 is 1.33. The first-order valence-corrected chi connectivity index (χ1v) is 16.9. The topological polar surface area (TPSA) is 84.8 Å². The van der Waals surface area contributed by atoms with Crippen molar-refractivity contribution in [3.8, 4) is 5.75 Å². The van der Waals surface area contributed by atoms with E-state index in [1.165, 1.54) is 47.6 Å². The van der Waals surface area contributed by atoms with Crippen LogP contribution in [0.15, 0.2) is 108 Å².